The van der Waals surface area contributed by atoms with Crippen LogP contribution >= 0.6 is 0 Å². The molecule has 0 saturated heterocycles. The van der Waals surface area contributed by atoms with Gasteiger partial charge < -0.3 is 4.74 Å². The predicted octanol–water partition coefficient (Wildman–Crippen LogP) is 3.31. The van der Waals surface area contributed by atoms with Gasteiger partial charge >= 0.3 is 5.97 Å². The zero-order valence-electron chi connectivity index (χ0n) is 15.2. The smallest absolute Gasteiger partial charge is 0.337 e. The maximum absolute atomic E-state index is 12.9. The maximum Gasteiger partial charge on any atom is 0.337 e. The Bertz CT molecular complexity index is 950. The Kier molecular flexibility index (Phi) is 5.16. The van der Waals surface area contributed by atoms with Gasteiger partial charge in [-0.2, -0.15) is 0 Å². The zero-order chi connectivity index (χ0) is 18.9. The van der Waals surface area contributed by atoms with Crippen LogP contribution in [0.25, 0.3) is 0 Å². The lowest BCUT2D eigenvalue weighted by Gasteiger charge is -2.17. The van der Waals surface area contributed by atoms with Gasteiger partial charge in [0.1, 0.15) is 0 Å². The molecule has 0 amide bonds. The molecule has 1 unspecified atom stereocenters. The van der Waals surface area contributed by atoms with E-state index in [-0.39, 0.29) is 16.5 Å². The summed E-state index contributed by atoms with van der Waals surface area (Å²) in [5, 5.41) is 0. The van der Waals surface area contributed by atoms with Crippen molar-refractivity contribution in [3.8, 4) is 0 Å². The van der Waals surface area contributed by atoms with Crippen LogP contribution in [0, 0.1) is 6.92 Å². The molecule has 6 heteroatoms. The van der Waals surface area contributed by atoms with Crippen molar-refractivity contribution in [3.05, 3.63) is 64.2 Å². The van der Waals surface area contributed by atoms with E-state index >= 15 is 0 Å². The fraction of sp³-hybridized carbons (Fsp3) is 0.350. The van der Waals surface area contributed by atoms with Crippen molar-refractivity contribution in [1.29, 1.82) is 0 Å². The number of methoxy groups -OCH3 is 1. The summed E-state index contributed by atoms with van der Waals surface area (Å²) in [4.78, 5) is 11.8. The van der Waals surface area contributed by atoms with Crippen LogP contribution in [0.15, 0.2) is 41.3 Å². The molecule has 0 bridgehead atoms. The number of rotatable bonds is 5. The molecule has 0 radical (unpaired) electrons. The minimum absolute atomic E-state index is 0.0911. The molecule has 0 fully saturated rings. The summed E-state index contributed by atoms with van der Waals surface area (Å²) in [6, 6.07) is 10.3. The van der Waals surface area contributed by atoms with Crippen LogP contribution < -0.4 is 4.72 Å². The van der Waals surface area contributed by atoms with Crippen LogP contribution in [-0.2, 0) is 27.6 Å². The van der Waals surface area contributed by atoms with E-state index in [9.17, 15) is 13.2 Å². The summed E-state index contributed by atoms with van der Waals surface area (Å²) in [5.74, 6) is -0.562. The monoisotopic (exact) mass is 373 g/mol. The van der Waals surface area contributed by atoms with E-state index in [1.54, 1.807) is 19.1 Å². The third-order valence-corrected chi connectivity index (χ3v) is 6.54. The van der Waals surface area contributed by atoms with Crippen LogP contribution in [-0.4, -0.2) is 21.5 Å². The minimum atomic E-state index is -3.77. The molecule has 0 spiro atoms. The van der Waals surface area contributed by atoms with Gasteiger partial charge in [-0.15, -0.1) is 0 Å². The Labute approximate surface area is 154 Å². The van der Waals surface area contributed by atoms with Crippen LogP contribution in [0.5, 0.6) is 0 Å². The average molecular weight is 373 g/mol. The minimum Gasteiger partial charge on any atom is -0.465 e. The van der Waals surface area contributed by atoms with Crippen LogP contribution in [0.1, 0.15) is 52.0 Å². The number of nitrogens with one attached hydrogen (secondary N) is 1. The number of fused-ring (bicyclic) bond motifs is 1. The summed E-state index contributed by atoms with van der Waals surface area (Å²) in [6.45, 7) is 3.53. The van der Waals surface area contributed by atoms with Gasteiger partial charge in [0.15, 0.2) is 0 Å². The average Bonchev–Trinajstić information content (AvgIpc) is 3.08. The molecule has 1 aliphatic carbocycles. The van der Waals surface area contributed by atoms with Crippen LogP contribution in [0.4, 0.5) is 0 Å². The zero-order valence-corrected chi connectivity index (χ0v) is 16.0. The summed E-state index contributed by atoms with van der Waals surface area (Å²) in [7, 11) is -2.51. The van der Waals surface area contributed by atoms with Crippen molar-refractivity contribution in [2.24, 2.45) is 0 Å². The Morgan fingerprint density at radius 3 is 2.58 bits per heavy atom. The second-order valence-corrected chi connectivity index (χ2v) is 8.38. The number of hydrogen-bond donors (Lipinski definition) is 1. The lowest BCUT2D eigenvalue weighted by atomic mass is 10.0. The van der Waals surface area contributed by atoms with E-state index < -0.39 is 16.0 Å². The van der Waals surface area contributed by atoms with Crippen molar-refractivity contribution in [3.63, 3.8) is 0 Å². The third kappa shape index (κ3) is 3.66. The van der Waals surface area contributed by atoms with E-state index in [0.29, 0.717) is 5.56 Å². The molecule has 1 aliphatic rings. The summed E-state index contributed by atoms with van der Waals surface area (Å²) < 4.78 is 33.1. The topological polar surface area (TPSA) is 72.5 Å². The molecule has 5 nitrogen and oxygen atoms in total. The van der Waals surface area contributed by atoms with E-state index in [2.05, 4.69) is 21.6 Å². The Hall–Kier alpha value is -2.18. The molecule has 2 aromatic carbocycles. The second kappa shape index (κ2) is 7.21. The molecular formula is C20H23NO4S. The van der Waals surface area contributed by atoms with E-state index in [1.807, 2.05) is 13.0 Å². The number of carbonyl (C=O) groups is 1. The quantitative estimate of drug-likeness (QED) is 0.816. The number of esters is 1. The first kappa shape index (κ1) is 18.6. The molecule has 0 aromatic heterocycles. The SMILES string of the molecule is COC(=O)c1ccc(C)c(S(=O)(=O)NC(C)c2ccc3c(c2)CCC3)c1. The molecule has 0 aliphatic heterocycles. The highest BCUT2D eigenvalue weighted by molar-refractivity contribution is 7.89. The highest BCUT2D eigenvalue weighted by Crippen LogP contribution is 2.27. The van der Waals surface area contributed by atoms with Gasteiger partial charge in [0.2, 0.25) is 10.0 Å². The Morgan fingerprint density at radius 1 is 1.12 bits per heavy atom. The van der Waals surface area contributed by atoms with Crippen molar-refractivity contribution < 1.29 is 17.9 Å². The van der Waals surface area contributed by atoms with Crippen molar-refractivity contribution in [2.45, 2.75) is 44.0 Å². The number of aryl methyl sites for hydroxylation is 3. The summed E-state index contributed by atoms with van der Waals surface area (Å²) in [5.41, 5.74) is 4.38. The third-order valence-electron chi connectivity index (χ3n) is 4.85. The van der Waals surface area contributed by atoms with E-state index in [1.165, 1.54) is 24.3 Å². The Balaban J connectivity index is 1.88. The van der Waals surface area contributed by atoms with Gasteiger partial charge in [0.05, 0.1) is 17.6 Å². The first-order valence-electron chi connectivity index (χ1n) is 8.65. The lowest BCUT2D eigenvalue weighted by Crippen LogP contribution is -2.27. The largest absolute Gasteiger partial charge is 0.465 e. The second-order valence-electron chi connectivity index (χ2n) is 6.70. The number of benzene rings is 2. The van der Waals surface area contributed by atoms with Crippen molar-refractivity contribution in [2.75, 3.05) is 7.11 Å². The number of ether oxygens (including phenoxy) is 1. The van der Waals surface area contributed by atoms with Crippen molar-refractivity contribution >= 4 is 16.0 Å². The molecular weight excluding hydrogens is 350 g/mol. The summed E-state index contributed by atoms with van der Waals surface area (Å²) >= 11 is 0. The summed E-state index contributed by atoms with van der Waals surface area (Å²) in [6.07, 6.45) is 3.29. The van der Waals surface area contributed by atoms with Gasteiger partial charge in [-0.1, -0.05) is 24.3 Å². The fourth-order valence-corrected chi connectivity index (χ4v) is 4.86. The first-order chi connectivity index (χ1) is 12.3. The Morgan fingerprint density at radius 2 is 1.85 bits per heavy atom. The highest BCUT2D eigenvalue weighted by atomic mass is 32.2. The molecule has 26 heavy (non-hydrogen) atoms. The molecule has 0 heterocycles. The molecule has 0 saturated carbocycles. The standard InChI is InChI=1S/C20H23NO4S/c1-13-7-8-18(20(22)25-3)12-19(13)26(23,24)21-14(2)16-10-9-15-5-4-6-17(15)11-16/h7-12,14,21H,4-6H2,1-3H3. The van der Waals surface area contributed by atoms with Gasteiger partial charge in [-0.3, -0.25) is 0 Å². The van der Waals surface area contributed by atoms with Crippen LogP contribution in [0.3, 0.4) is 0 Å². The van der Waals surface area contributed by atoms with Gasteiger partial charge in [-0.05, 0) is 67.5 Å². The van der Waals surface area contributed by atoms with Gasteiger partial charge in [0.25, 0.3) is 0 Å². The molecule has 138 valence electrons. The van der Waals surface area contributed by atoms with E-state index in [0.717, 1.165) is 24.8 Å². The van der Waals surface area contributed by atoms with Gasteiger partial charge in [0, 0.05) is 6.04 Å². The van der Waals surface area contributed by atoms with E-state index in [4.69, 9.17) is 0 Å². The highest BCUT2D eigenvalue weighted by Gasteiger charge is 2.23. The fourth-order valence-electron chi connectivity index (χ4n) is 3.36. The normalized spacial score (nSPS) is 14.7. The lowest BCUT2D eigenvalue weighted by molar-refractivity contribution is 0.0600. The molecule has 2 aromatic rings. The van der Waals surface area contributed by atoms with Gasteiger partial charge in [-0.25, -0.2) is 17.9 Å². The first-order valence-corrected chi connectivity index (χ1v) is 10.1. The maximum atomic E-state index is 12.9. The van der Waals surface area contributed by atoms with Crippen molar-refractivity contribution in [1.82, 2.24) is 4.72 Å². The predicted molar refractivity (Wildman–Crippen MR) is 99.7 cm³/mol. The number of carbonyl (C=O) groups excluding carboxylic acids is 1. The molecule has 3 rings (SSSR count). The molecule has 1 N–H and O–H groups in total. The van der Waals surface area contributed by atoms with Crippen LogP contribution in [0.2, 0.25) is 0 Å². The number of sulfonamides is 1. The molecule has 1 atom stereocenters. The number of hydrogen-bond acceptors (Lipinski definition) is 4.